The molecule has 1 aliphatic heterocycles. The lowest BCUT2D eigenvalue weighted by Gasteiger charge is -2.24. The predicted molar refractivity (Wildman–Crippen MR) is 137 cm³/mol. The summed E-state index contributed by atoms with van der Waals surface area (Å²) in [6.45, 7) is 5.59. The Morgan fingerprint density at radius 2 is 1.97 bits per heavy atom. The molecule has 0 aliphatic carbocycles. The van der Waals surface area contributed by atoms with Crippen molar-refractivity contribution in [3.05, 3.63) is 71.5 Å². The minimum absolute atomic E-state index is 0.0575. The van der Waals surface area contributed by atoms with Gasteiger partial charge >= 0.3 is 5.97 Å². The topological polar surface area (TPSA) is 89.4 Å². The van der Waals surface area contributed by atoms with Gasteiger partial charge in [0.1, 0.15) is 0 Å². The molecule has 1 saturated heterocycles. The summed E-state index contributed by atoms with van der Waals surface area (Å²) in [7, 11) is 1.32. The molecule has 8 nitrogen and oxygen atoms in total. The minimum Gasteiger partial charge on any atom is -0.464 e. The Morgan fingerprint density at radius 3 is 2.66 bits per heavy atom. The molecule has 2 aromatic carbocycles. The van der Waals surface area contributed by atoms with Crippen LogP contribution in [0, 0.1) is 0 Å². The molecule has 1 fully saturated rings. The number of carbonyl (C=O) groups excluding carboxylic acids is 2. The van der Waals surface area contributed by atoms with E-state index in [0.29, 0.717) is 25.4 Å². The lowest BCUT2D eigenvalue weighted by atomic mass is 10.0. The number of hydrogen-bond donors (Lipinski definition) is 1. The van der Waals surface area contributed by atoms with E-state index in [0.717, 1.165) is 16.1 Å². The van der Waals surface area contributed by atoms with Crippen molar-refractivity contribution in [2.24, 2.45) is 0 Å². The number of amides is 1. The fraction of sp³-hybridized carbons (Fsp3) is 0.385. The van der Waals surface area contributed by atoms with Gasteiger partial charge in [-0.15, -0.1) is 16.9 Å². The fourth-order valence-corrected chi connectivity index (χ4v) is 4.80. The second kappa shape index (κ2) is 11.0. The number of anilines is 1. The molecule has 0 bridgehead atoms. The van der Waals surface area contributed by atoms with Gasteiger partial charge in [-0.05, 0) is 47.9 Å². The lowest BCUT2D eigenvalue weighted by Crippen LogP contribution is -2.39. The number of likely N-dealkylation sites (tertiary alicyclic amines) is 1. The van der Waals surface area contributed by atoms with Gasteiger partial charge in [-0.2, -0.15) is 0 Å². The number of thioether (sulfide) groups is 1. The normalized spacial score (nSPS) is 18.1. The number of rotatable bonds is 8. The maximum Gasteiger partial charge on any atom is 0.360 e. The summed E-state index contributed by atoms with van der Waals surface area (Å²) >= 11 is 1.63. The van der Waals surface area contributed by atoms with E-state index in [1.165, 1.54) is 12.7 Å². The highest BCUT2D eigenvalue weighted by molar-refractivity contribution is 7.98. The summed E-state index contributed by atoms with van der Waals surface area (Å²) in [5.41, 5.74) is 3.37. The van der Waals surface area contributed by atoms with Crippen LogP contribution in [0.25, 0.3) is 0 Å². The standard InChI is InChI=1S/C26H31N5O3S/c1-17(2)19-10-8-18(9-11-19)14-30-15-21(31-16-23(28-29-31)26(33)34-3)13-24(30)25(32)27-20-6-5-7-22(12-20)35-4/h5-12,16-17,21,24H,13-15H2,1-4H3,(H,27,32)/t21-,24+/m1/s1. The van der Waals surface area contributed by atoms with E-state index in [1.807, 2.05) is 30.5 Å². The zero-order valence-corrected chi connectivity index (χ0v) is 21.3. The van der Waals surface area contributed by atoms with Gasteiger partial charge in [0.2, 0.25) is 5.91 Å². The molecule has 0 radical (unpaired) electrons. The van der Waals surface area contributed by atoms with Crippen LogP contribution in [-0.2, 0) is 16.1 Å². The van der Waals surface area contributed by atoms with Gasteiger partial charge in [-0.1, -0.05) is 49.4 Å². The van der Waals surface area contributed by atoms with E-state index in [9.17, 15) is 9.59 Å². The van der Waals surface area contributed by atoms with Crippen LogP contribution in [0.4, 0.5) is 5.69 Å². The van der Waals surface area contributed by atoms with Gasteiger partial charge in [-0.3, -0.25) is 9.69 Å². The van der Waals surface area contributed by atoms with Gasteiger partial charge in [0, 0.05) is 23.7 Å². The van der Waals surface area contributed by atoms with Crippen molar-refractivity contribution in [1.82, 2.24) is 19.9 Å². The van der Waals surface area contributed by atoms with Gasteiger partial charge < -0.3 is 10.1 Å². The van der Waals surface area contributed by atoms with Crippen molar-refractivity contribution in [3.8, 4) is 0 Å². The second-order valence-corrected chi connectivity index (χ2v) is 9.91. The van der Waals surface area contributed by atoms with Crippen LogP contribution in [0.15, 0.2) is 59.6 Å². The first-order valence-corrected chi connectivity index (χ1v) is 12.9. The maximum absolute atomic E-state index is 13.4. The van der Waals surface area contributed by atoms with Crippen LogP contribution in [0.1, 0.15) is 53.8 Å². The van der Waals surface area contributed by atoms with E-state index in [1.54, 1.807) is 22.6 Å². The monoisotopic (exact) mass is 493 g/mol. The third-order valence-electron chi connectivity index (χ3n) is 6.33. The molecule has 1 amide bonds. The van der Waals surface area contributed by atoms with Crippen molar-refractivity contribution >= 4 is 29.3 Å². The number of ether oxygens (including phenoxy) is 1. The second-order valence-electron chi connectivity index (χ2n) is 9.03. The highest BCUT2D eigenvalue weighted by Gasteiger charge is 2.38. The van der Waals surface area contributed by atoms with Gasteiger partial charge in [0.15, 0.2) is 5.69 Å². The summed E-state index contributed by atoms with van der Waals surface area (Å²) in [6.07, 6.45) is 4.16. The number of aromatic nitrogens is 3. The number of hydrogen-bond acceptors (Lipinski definition) is 7. The van der Waals surface area contributed by atoms with E-state index < -0.39 is 5.97 Å². The molecule has 1 N–H and O–H groups in total. The lowest BCUT2D eigenvalue weighted by molar-refractivity contribution is -0.120. The van der Waals surface area contributed by atoms with Crippen LogP contribution < -0.4 is 5.32 Å². The van der Waals surface area contributed by atoms with Gasteiger partial charge in [0.05, 0.1) is 25.4 Å². The Kier molecular flexibility index (Phi) is 7.87. The molecule has 9 heteroatoms. The highest BCUT2D eigenvalue weighted by Crippen LogP contribution is 2.30. The zero-order chi connectivity index (χ0) is 24.9. The smallest absolute Gasteiger partial charge is 0.360 e. The van der Waals surface area contributed by atoms with Crippen molar-refractivity contribution in [1.29, 1.82) is 0 Å². The molecular weight excluding hydrogens is 462 g/mol. The number of carbonyl (C=O) groups is 2. The predicted octanol–water partition coefficient (Wildman–Crippen LogP) is 4.36. The molecular formula is C26H31N5O3S. The Morgan fingerprint density at radius 1 is 1.20 bits per heavy atom. The van der Waals surface area contributed by atoms with Crippen LogP contribution >= 0.6 is 11.8 Å². The number of esters is 1. The Bertz CT molecular complexity index is 1180. The summed E-state index contributed by atoms with van der Waals surface area (Å²) < 4.78 is 6.42. The average molecular weight is 494 g/mol. The summed E-state index contributed by atoms with van der Waals surface area (Å²) in [5, 5.41) is 11.2. The highest BCUT2D eigenvalue weighted by atomic mass is 32.2. The third-order valence-corrected chi connectivity index (χ3v) is 7.06. The number of benzene rings is 2. The first-order valence-electron chi connectivity index (χ1n) is 11.7. The number of nitrogens with zero attached hydrogens (tertiary/aromatic N) is 4. The molecule has 2 heterocycles. The van der Waals surface area contributed by atoms with E-state index in [4.69, 9.17) is 4.74 Å². The summed E-state index contributed by atoms with van der Waals surface area (Å²) in [5.74, 6) is -0.121. The fourth-order valence-electron chi connectivity index (χ4n) is 4.34. The number of methoxy groups -OCH3 is 1. The third kappa shape index (κ3) is 5.91. The quantitative estimate of drug-likeness (QED) is 0.368. The molecule has 0 saturated carbocycles. The molecule has 3 aromatic rings. The molecule has 2 atom stereocenters. The van der Waals surface area contributed by atoms with Crippen LogP contribution in [0.2, 0.25) is 0 Å². The van der Waals surface area contributed by atoms with Crippen molar-refractivity contribution < 1.29 is 14.3 Å². The van der Waals surface area contributed by atoms with E-state index >= 15 is 0 Å². The Balaban J connectivity index is 1.55. The van der Waals surface area contributed by atoms with E-state index in [-0.39, 0.29) is 23.7 Å². The molecule has 0 spiro atoms. The zero-order valence-electron chi connectivity index (χ0n) is 20.5. The van der Waals surface area contributed by atoms with Gasteiger partial charge in [-0.25, -0.2) is 9.48 Å². The Hall–Kier alpha value is -3.17. The SMILES string of the molecule is COC(=O)c1cn([C@@H]2C[C@@H](C(=O)Nc3cccc(SC)c3)N(Cc3ccc(C(C)C)cc3)C2)nn1. The minimum atomic E-state index is -0.528. The van der Waals surface area contributed by atoms with Crippen molar-refractivity contribution in [2.75, 3.05) is 25.2 Å². The molecule has 184 valence electrons. The maximum atomic E-state index is 13.4. The summed E-state index contributed by atoms with van der Waals surface area (Å²) in [4.78, 5) is 28.5. The van der Waals surface area contributed by atoms with Gasteiger partial charge in [0.25, 0.3) is 0 Å². The Labute approximate surface area is 210 Å². The molecule has 1 aliphatic rings. The van der Waals surface area contributed by atoms with Crippen LogP contribution in [0.5, 0.6) is 0 Å². The van der Waals surface area contributed by atoms with E-state index in [2.05, 4.69) is 58.6 Å². The van der Waals surface area contributed by atoms with Crippen molar-refractivity contribution in [3.63, 3.8) is 0 Å². The van der Waals surface area contributed by atoms with Crippen molar-refractivity contribution in [2.45, 2.75) is 49.7 Å². The average Bonchev–Trinajstić information content (AvgIpc) is 3.52. The molecule has 35 heavy (non-hydrogen) atoms. The van der Waals surface area contributed by atoms with Crippen LogP contribution in [0.3, 0.4) is 0 Å². The first kappa shape index (κ1) is 24.9. The molecule has 1 aromatic heterocycles. The summed E-state index contributed by atoms with van der Waals surface area (Å²) in [6, 6.07) is 15.9. The largest absolute Gasteiger partial charge is 0.464 e. The molecule has 4 rings (SSSR count). The molecule has 0 unspecified atom stereocenters. The first-order chi connectivity index (χ1) is 16.9. The number of nitrogens with one attached hydrogen (secondary N) is 1. The van der Waals surface area contributed by atoms with Crippen LogP contribution in [-0.4, -0.2) is 57.7 Å².